The van der Waals surface area contributed by atoms with E-state index in [2.05, 4.69) is 0 Å². The van der Waals surface area contributed by atoms with Gasteiger partial charge in [0.2, 0.25) is 5.91 Å². The van der Waals surface area contributed by atoms with Crippen LogP contribution in [-0.2, 0) is 15.3 Å². The van der Waals surface area contributed by atoms with Gasteiger partial charge in [-0.15, -0.1) is 11.8 Å². The summed E-state index contributed by atoms with van der Waals surface area (Å²) in [6.45, 7) is 2.98. The standard InChI is InChI=1S/C16H20ClNO3S/c1-11-5-13(16(20)21)8-18(7-11)15(19)10-22-9-12-3-2-4-14(17)6-12/h2-4,6,11,13H,5,7-10H2,1H3,(H,20,21). The van der Waals surface area contributed by atoms with E-state index >= 15 is 0 Å². The third kappa shape index (κ3) is 4.92. The number of hydrogen-bond donors (Lipinski definition) is 1. The Morgan fingerprint density at radius 3 is 2.86 bits per heavy atom. The summed E-state index contributed by atoms with van der Waals surface area (Å²) in [4.78, 5) is 25.1. The van der Waals surface area contributed by atoms with Gasteiger partial charge in [-0.1, -0.05) is 30.7 Å². The number of carboxylic acid groups (broad SMARTS) is 1. The molecule has 0 spiro atoms. The second-order valence-corrected chi connectivity index (χ2v) is 7.22. The zero-order valence-corrected chi connectivity index (χ0v) is 14.1. The van der Waals surface area contributed by atoms with Crippen LogP contribution >= 0.6 is 23.4 Å². The van der Waals surface area contributed by atoms with E-state index < -0.39 is 11.9 Å². The monoisotopic (exact) mass is 341 g/mol. The number of thioether (sulfide) groups is 1. The molecule has 22 heavy (non-hydrogen) atoms. The maximum atomic E-state index is 12.3. The lowest BCUT2D eigenvalue weighted by atomic mass is 9.90. The van der Waals surface area contributed by atoms with Crippen LogP contribution in [0.25, 0.3) is 0 Å². The number of halogens is 1. The van der Waals surface area contributed by atoms with Crippen molar-refractivity contribution in [3.63, 3.8) is 0 Å². The molecule has 120 valence electrons. The predicted molar refractivity (Wildman–Crippen MR) is 89.1 cm³/mol. The lowest BCUT2D eigenvalue weighted by molar-refractivity contribution is -0.146. The molecule has 1 heterocycles. The maximum absolute atomic E-state index is 12.3. The SMILES string of the molecule is CC1CC(C(=O)O)CN(C(=O)CSCc2cccc(Cl)c2)C1. The summed E-state index contributed by atoms with van der Waals surface area (Å²) in [6.07, 6.45) is 0.648. The zero-order chi connectivity index (χ0) is 16.1. The first kappa shape index (κ1) is 17.2. The van der Waals surface area contributed by atoms with Gasteiger partial charge in [-0.05, 0) is 30.0 Å². The quantitative estimate of drug-likeness (QED) is 0.893. The fraction of sp³-hybridized carbons (Fsp3) is 0.500. The van der Waals surface area contributed by atoms with Crippen molar-refractivity contribution in [3.8, 4) is 0 Å². The minimum absolute atomic E-state index is 0.0184. The van der Waals surface area contributed by atoms with Gasteiger partial charge >= 0.3 is 5.97 Å². The van der Waals surface area contributed by atoms with Crippen molar-refractivity contribution in [2.24, 2.45) is 11.8 Å². The molecule has 1 fully saturated rings. The van der Waals surface area contributed by atoms with Gasteiger partial charge in [-0.3, -0.25) is 9.59 Å². The molecule has 0 radical (unpaired) electrons. The van der Waals surface area contributed by atoms with Gasteiger partial charge in [0, 0.05) is 23.9 Å². The average molecular weight is 342 g/mol. The second-order valence-electron chi connectivity index (χ2n) is 5.80. The molecule has 4 nitrogen and oxygen atoms in total. The lowest BCUT2D eigenvalue weighted by Crippen LogP contribution is -2.46. The topological polar surface area (TPSA) is 57.6 Å². The van der Waals surface area contributed by atoms with Gasteiger partial charge in [0.25, 0.3) is 0 Å². The highest BCUT2D eigenvalue weighted by atomic mass is 35.5. The van der Waals surface area contributed by atoms with E-state index in [0.717, 1.165) is 11.3 Å². The molecule has 1 N–H and O–H groups in total. The Balaban J connectivity index is 1.82. The number of rotatable bonds is 5. The number of nitrogens with zero attached hydrogens (tertiary/aromatic N) is 1. The van der Waals surface area contributed by atoms with Crippen molar-refractivity contribution in [3.05, 3.63) is 34.9 Å². The summed E-state index contributed by atoms with van der Waals surface area (Å²) in [6, 6.07) is 7.58. The number of piperidine rings is 1. The summed E-state index contributed by atoms with van der Waals surface area (Å²) in [5.74, 6) is 0.0898. The molecule has 2 rings (SSSR count). The van der Waals surface area contributed by atoms with Gasteiger partial charge in [-0.2, -0.15) is 0 Å². The highest BCUT2D eigenvalue weighted by Crippen LogP contribution is 2.23. The van der Waals surface area contributed by atoms with Crippen LogP contribution in [0.1, 0.15) is 18.9 Å². The third-order valence-corrected chi connectivity index (χ3v) is 4.97. The molecule has 1 aliphatic rings. The van der Waals surface area contributed by atoms with Crippen molar-refractivity contribution in [1.82, 2.24) is 4.90 Å². The number of benzene rings is 1. The van der Waals surface area contributed by atoms with Crippen molar-refractivity contribution in [2.75, 3.05) is 18.8 Å². The molecule has 0 aromatic heterocycles. The van der Waals surface area contributed by atoms with Gasteiger partial charge in [0.15, 0.2) is 0 Å². The Kier molecular flexibility index (Phi) is 6.15. The number of likely N-dealkylation sites (tertiary alicyclic amines) is 1. The Hall–Kier alpha value is -1.20. The van der Waals surface area contributed by atoms with E-state index in [4.69, 9.17) is 16.7 Å². The van der Waals surface area contributed by atoms with E-state index in [0.29, 0.717) is 30.3 Å². The van der Waals surface area contributed by atoms with Crippen molar-refractivity contribution < 1.29 is 14.7 Å². The summed E-state index contributed by atoms with van der Waals surface area (Å²) in [7, 11) is 0. The van der Waals surface area contributed by atoms with E-state index in [-0.39, 0.29) is 11.8 Å². The smallest absolute Gasteiger partial charge is 0.308 e. The van der Waals surface area contributed by atoms with Crippen LogP contribution in [0.3, 0.4) is 0 Å². The molecular formula is C16H20ClNO3S. The van der Waals surface area contributed by atoms with E-state index in [1.165, 1.54) is 11.8 Å². The minimum atomic E-state index is -0.809. The van der Waals surface area contributed by atoms with Crippen LogP contribution in [0.5, 0.6) is 0 Å². The van der Waals surface area contributed by atoms with Crippen LogP contribution in [-0.4, -0.2) is 40.7 Å². The molecule has 0 saturated carbocycles. The Morgan fingerprint density at radius 2 is 2.18 bits per heavy atom. The number of carbonyl (C=O) groups excluding carboxylic acids is 1. The van der Waals surface area contributed by atoms with Crippen molar-refractivity contribution in [1.29, 1.82) is 0 Å². The van der Waals surface area contributed by atoms with E-state index in [9.17, 15) is 9.59 Å². The number of aliphatic carboxylic acids is 1. The van der Waals surface area contributed by atoms with Gasteiger partial charge in [-0.25, -0.2) is 0 Å². The summed E-state index contributed by atoms with van der Waals surface area (Å²) < 4.78 is 0. The van der Waals surface area contributed by atoms with E-state index in [1.807, 2.05) is 31.2 Å². The fourth-order valence-corrected chi connectivity index (χ4v) is 3.80. The average Bonchev–Trinajstić information content (AvgIpc) is 2.46. The van der Waals surface area contributed by atoms with Crippen LogP contribution in [0.2, 0.25) is 5.02 Å². The Morgan fingerprint density at radius 1 is 1.41 bits per heavy atom. The minimum Gasteiger partial charge on any atom is -0.481 e. The number of amides is 1. The number of carboxylic acids is 1. The molecule has 2 atom stereocenters. The fourth-order valence-electron chi connectivity index (χ4n) is 2.71. The lowest BCUT2D eigenvalue weighted by Gasteiger charge is -2.34. The van der Waals surface area contributed by atoms with Crippen molar-refractivity contribution in [2.45, 2.75) is 19.1 Å². The summed E-state index contributed by atoms with van der Waals surface area (Å²) >= 11 is 7.46. The van der Waals surface area contributed by atoms with Crippen LogP contribution < -0.4 is 0 Å². The molecule has 6 heteroatoms. The summed E-state index contributed by atoms with van der Waals surface area (Å²) in [5, 5.41) is 9.84. The highest BCUT2D eigenvalue weighted by molar-refractivity contribution is 7.99. The molecule has 1 saturated heterocycles. The van der Waals surface area contributed by atoms with Gasteiger partial charge in [0.1, 0.15) is 0 Å². The molecule has 2 unspecified atom stereocenters. The van der Waals surface area contributed by atoms with Crippen LogP contribution in [0.4, 0.5) is 0 Å². The highest BCUT2D eigenvalue weighted by Gasteiger charge is 2.31. The van der Waals surface area contributed by atoms with E-state index in [1.54, 1.807) is 4.90 Å². The Labute approximate surface area is 139 Å². The molecule has 0 bridgehead atoms. The third-order valence-electron chi connectivity index (χ3n) is 3.74. The number of carbonyl (C=O) groups is 2. The first-order valence-electron chi connectivity index (χ1n) is 7.28. The molecule has 0 aliphatic carbocycles. The van der Waals surface area contributed by atoms with Crippen LogP contribution in [0, 0.1) is 11.8 Å². The maximum Gasteiger partial charge on any atom is 0.308 e. The second kappa shape index (κ2) is 7.88. The summed E-state index contributed by atoms with van der Waals surface area (Å²) in [5.41, 5.74) is 1.08. The molecule has 1 aliphatic heterocycles. The predicted octanol–water partition coefficient (Wildman–Crippen LogP) is 3.14. The van der Waals surface area contributed by atoms with Crippen molar-refractivity contribution >= 4 is 35.2 Å². The molecular weight excluding hydrogens is 322 g/mol. The normalized spacial score (nSPS) is 21.6. The molecule has 1 amide bonds. The number of hydrogen-bond acceptors (Lipinski definition) is 3. The van der Waals surface area contributed by atoms with Crippen LogP contribution in [0.15, 0.2) is 24.3 Å². The van der Waals surface area contributed by atoms with Gasteiger partial charge in [0.05, 0.1) is 11.7 Å². The Bertz CT molecular complexity index is 552. The largest absolute Gasteiger partial charge is 0.481 e. The van der Waals surface area contributed by atoms with Gasteiger partial charge < -0.3 is 10.0 Å². The first-order chi connectivity index (χ1) is 10.5. The first-order valence-corrected chi connectivity index (χ1v) is 8.81. The zero-order valence-electron chi connectivity index (χ0n) is 12.5. The molecule has 1 aromatic carbocycles. The molecule has 1 aromatic rings.